The lowest BCUT2D eigenvalue weighted by atomic mass is 10.2. The van der Waals surface area contributed by atoms with Gasteiger partial charge in [0.2, 0.25) is 5.91 Å². The summed E-state index contributed by atoms with van der Waals surface area (Å²) in [4.78, 5) is 37.3. The van der Waals surface area contributed by atoms with Crippen molar-refractivity contribution in [1.29, 1.82) is 0 Å². The number of hydrogen-bond acceptors (Lipinski definition) is 5. The van der Waals surface area contributed by atoms with Gasteiger partial charge in [0, 0.05) is 10.6 Å². The van der Waals surface area contributed by atoms with Crippen LogP contribution < -0.4 is 10.6 Å². The first-order valence-corrected chi connectivity index (χ1v) is 9.03. The molecule has 3 rings (SSSR count). The number of ether oxygens (including phenoxy) is 1. The lowest BCUT2D eigenvalue weighted by Gasteiger charge is -2.23. The second kappa shape index (κ2) is 8.05. The fourth-order valence-electron chi connectivity index (χ4n) is 2.44. The molecule has 0 spiro atoms. The molecule has 0 fully saturated rings. The van der Waals surface area contributed by atoms with E-state index in [-0.39, 0.29) is 12.3 Å². The predicted molar refractivity (Wildman–Crippen MR) is 100.0 cm³/mol. The average molecular weight is 370 g/mol. The highest BCUT2D eigenvalue weighted by atomic mass is 32.2. The van der Waals surface area contributed by atoms with Gasteiger partial charge in [-0.25, -0.2) is 0 Å². The van der Waals surface area contributed by atoms with E-state index in [0.717, 1.165) is 10.6 Å². The molecule has 2 aromatic rings. The Morgan fingerprint density at radius 3 is 2.62 bits per heavy atom. The minimum absolute atomic E-state index is 0.103. The van der Waals surface area contributed by atoms with Gasteiger partial charge in [0.05, 0.1) is 17.4 Å². The van der Waals surface area contributed by atoms with E-state index in [4.69, 9.17) is 4.74 Å². The van der Waals surface area contributed by atoms with Crippen molar-refractivity contribution < 1.29 is 19.1 Å². The maximum absolute atomic E-state index is 12.1. The molecule has 0 aliphatic carbocycles. The molecule has 0 bridgehead atoms. The molecule has 2 aromatic carbocycles. The van der Waals surface area contributed by atoms with Gasteiger partial charge >= 0.3 is 5.97 Å². The predicted octanol–water partition coefficient (Wildman–Crippen LogP) is 3.06. The minimum Gasteiger partial charge on any atom is -0.452 e. The van der Waals surface area contributed by atoms with Crippen molar-refractivity contribution in [2.75, 3.05) is 10.6 Å². The number of rotatable bonds is 5. The summed E-state index contributed by atoms with van der Waals surface area (Å²) >= 11 is 1.32. The largest absolute Gasteiger partial charge is 0.452 e. The zero-order valence-electron chi connectivity index (χ0n) is 14.1. The Balaban J connectivity index is 1.53. The Labute approximate surface area is 155 Å². The van der Waals surface area contributed by atoms with Crippen LogP contribution in [0.1, 0.15) is 13.3 Å². The molecule has 0 unspecified atom stereocenters. The Hall–Kier alpha value is -2.80. The first kappa shape index (κ1) is 18.0. The van der Waals surface area contributed by atoms with Crippen LogP contribution in [0, 0.1) is 0 Å². The van der Waals surface area contributed by atoms with E-state index in [1.807, 2.05) is 30.3 Å². The van der Waals surface area contributed by atoms with Crippen molar-refractivity contribution in [2.45, 2.75) is 29.6 Å². The molecular weight excluding hydrogens is 352 g/mol. The van der Waals surface area contributed by atoms with E-state index in [1.54, 1.807) is 24.3 Å². The number of fused-ring (bicyclic) bond motifs is 1. The summed E-state index contributed by atoms with van der Waals surface area (Å²) in [5.74, 6) is -1.25. The minimum atomic E-state index is -0.952. The second-order valence-corrected chi connectivity index (χ2v) is 7.03. The van der Waals surface area contributed by atoms with E-state index in [9.17, 15) is 14.4 Å². The summed E-state index contributed by atoms with van der Waals surface area (Å²) < 4.78 is 5.18. The molecule has 7 heteroatoms. The highest BCUT2D eigenvalue weighted by molar-refractivity contribution is 8.01. The van der Waals surface area contributed by atoms with Gasteiger partial charge in [0.15, 0.2) is 6.10 Å². The van der Waals surface area contributed by atoms with Crippen molar-refractivity contribution in [3.8, 4) is 0 Å². The molecule has 1 aliphatic rings. The molecule has 6 nitrogen and oxygen atoms in total. The maximum atomic E-state index is 12.1. The molecule has 134 valence electrons. The number of esters is 1. The van der Waals surface area contributed by atoms with Crippen LogP contribution in [0.5, 0.6) is 0 Å². The molecule has 1 aliphatic heterocycles. The topological polar surface area (TPSA) is 84.5 Å². The van der Waals surface area contributed by atoms with Gasteiger partial charge in [-0.3, -0.25) is 14.4 Å². The fraction of sp³-hybridized carbons (Fsp3) is 0.211. The monoisotopic (exact) mass is 370 g/mol. The number of benzene rings is 2. The first-order valence-electron chi connectivity index (χ1n) is 8.15. The number of nitrogens with one attached hydrogen (secondary N) is 2. The van der Waals surface area contributed by atoms with Gasteiger partial charge in [-0.15, -0.1) is 11.8 Å². The van der Waals surface area contributed by atoms with Crippen LogP contribution in [-0.2, 0) is 19.1 Å². The van der Waals surface area contributed by atoms with Crippen molar-refractivity contribution >= 4 is 40.9 Å². The van der Waals surface area contributed by atoms with Crippen LogP contribution in [0.2, 0.25) is 0 Å². The Bertz CT molecular complexity index is 825. The Kier molecular flexibility index (Phi) is 5.58. The third-order valence-corrected chi connectivity index (χ3v) is 5.05. The van der Waals surface area contributed by atoms with E-state index in [2.05, 4.69) is 10.6 Å². The lowest BCUT2D eigenvalue weighted by molar-refractivity contribution is -0.153. The zero-order chi connectivity index (χ0) is 18.5. The third-order valence-electron chi connectivity index (χ3n) is 3.78. The zero-order valence-corrected chi connectivity index (χ0v) is 14.9. The van der Waals surface area contributed by atoms with Gasteiger partial charge in [-0.2, -0.15) is 0 Å². The smallest absolute Gasteiger partial charge is 0.308 e. The van der Waals surface area contributed by atoms with E-state index in [1.165, 1.54) is 18.7 Å². The number of carbonyl (C=O) groups is 3. The molecule has 2 N–H and O–H groups in total. The van der Waals surface area contributed by atoms with Crippen molar-refractivity contribution in [1.82, 2.24) is 0 Å². The van der Waals surface area contributed by atoms with Gasteiger partial charge in [-0.05, 0) is 31.2 Å². The summed E-state index contributed by atoms with van der Waals surface area (Å²) in [5.41, 5.74) is 1.36. The Morgan fingerprint density at radius 2 is 1.85 bits per heavy atom. The number of amides is 2. The molecule has 0 saturated heterocycles. The first-order chi connectivity index (χ1) is 12.5. The van der Waals surface area contributed by atoms with Crippen molar-refractivity contribution in [3.63, 3.8) is 0 Å². The maximum Gasteiger partial charge on any atom is 0.308 e. The number of para-hydroxylation sites is 2. The highest BCUT2D eigenvalue weighted by Gasteiger charge is 2.30. The standard InChI is InChI=1S/C19H18N2O4S/c1-12(18(23)20-13-7-3-2-4-8-13)25-17(22)11-16-19(24)21-14-9-5-6-10-15(14)26-16/h2-10,12,16H,11H2,1H3,(H,20,23)(H,21,24)/t12-,16-/m0/s1. The number of hydrogen-bond donors (Lipinski definition) is 2. The van der Waals surface area contributed by atoms with E-state index >= 15 is 0 Å². The van der Waals surface area contributed by atoms with E-state index < -0.39 is 23.2 Å². The lowest BCUT2D eigenvalue weighted by Crippen LogP contribution is -2.34. The van der Waals surface area contributed by atoms with Crippen LogP contribution in [0.4, 0.5) is 11.4 Å². The van der Waals surface area contributed by atoms with Crippen LogP contribution >= 0.6 is 11.8 Å². The fourth-order valence-corrected chi connectivity index (χ4v) is 3.54. The van der Waals surface area contributed by atoms with Crippen LogP contribution in [0.3, 0.4) is 0 Å². The number of thioether (sulfide) groups is 1. The number of carbonyl (C=O) groups excluding carboxylic acids is 3. The van der Waals surface area contributed by atoms with Crippen LogP contribution in [0.15, 0.2) is 59.5 Å². The molecule has 0 radical (unpaired) electrons. The second-order valence-electron chi connectivity index (χ2n) is 5.78. The van der Waals surface area contributed by atoms with Gasteiger partial charge in [0.1, 0.15) is 0 Å². The quantitative estimate of drug-likeness (QED) is 0.790. The summed E-state index contributed by atoms with van der Waals surface area (Å²) in [5, 5.41) is 4.87. The molecular formula is C19H18N2O4S. The molecule has 1 heterocycles. The summed E-state index contributed by atoms with van der Waals surface area (Å²) in [6, 6.07) is 16.3. The number of anilines is 2. The Morgan fingerprint density at radius 1 is 1.15 bits per heavy atom. The molecule has 2 atom stereocenters. The van der Waals surface area contributed by atoms with E-state index in [0.29, 0.717) is 5.69 Å². The summed E-state index contributed by atoms with van der Waals surface area (Å²) in [6.07, 6.45) is -1.06. The van der Waals surface area contributed by atoms with Gasteiger partial charge in [-0.1, -0.05) is 30.3 Å². The highest BCUT2D eigenvalue weighted by Crippen LogP contribution is 2.36. The molecule has 2 amide bonds. The molecule has 0 aromatic heterocycles. The van der Waals surface area contributed by atoms with Crippen molar-refractivity contribution in [3.05, 3.63) is 54.6 Å². The van der Waals surface area contributed by atoms with Crippen LogP contribution in [0.25, 0.3) is 0 Å². The molecule has 26 heavy (non-hydrogen) atoms. The normalized spacial score (nSPS) is 16.8. The van der Waals surface area contributed by atoms with Gasteiger partial charge in [0.25, 0.3) is 5.91 Å². The van der Waals surface area contributed by atoms with Crippen molar-refractivity contribution in [2.24, 2.45) is 0 Å². The average Bonchev–Trinajstić information content (AvgIpc) is 2.63. The summed E-state index contributed by atoms with van der Waals surface area (Å²) in [6.45, 7) is 1.50. The SMILES string of the molecule is C[C@H](OC(=O)C[C@@H]1Sc2ccccc2NC1=O)C(=O)Nc1ccccc1. The molecule has 0 saturated carbocycles. The third kappa shape index (κ3) is 4.43. The summed E-state index contributed by atoms with van der Waals surface area (Å²) in [7, 11) is 0. The van der Waals surface area contributed by atoms with Gasteiger partial charge < -0.3 is 15.4 Å². The van der Waals surface area contributed by atoms with Crippen LogP contribution in [-0.4, -0.2) is 29.1 Å².